The van der Waals surface area contributed by atoms with Gasteiger partial charge in [0.25, 0.3) is 5.91 Å². The van der Waals surface area contributed by atoms with Crippen LogP contribution in [0.2, 0.25) is 0 Å². The second kappa shape index (κ2) is 10.9. The summed E-state index contributed by atoms with van der Waals surface area (Å²) in [5, 5.41) is 9.84. The van der Waals surface area contributed by atoms with Crippen molar-refractivity contribution in [2.24, 2.45) is 5.92 Å². The number of likely N-dealkylation sites (N-methyl/N-ethyl adjacent to an activating group) is 1. The second-order valence-corrected chi connectivity index (χ2v) is 9.26. The summed E-state index contributed by atoms with van der Waals surface area (Å²) in [7, 11) is 2.02. The van der Waals surface area contributed by atoms with Crippen LogP contribution < -0.4 is 4.74 Å². The van der Waals surface area contributed by atoms with E-state index in [2.05, 4.69) is 14.9 Å². The highest BCUT2D eigenvalue weighted by atomic mass is 19.1. The summed E-state index contributed by atoms with van der Waals surface area (Å²) >= 11 is 0. The van der Waals surface area contributed by atoms with Gasteiger partial charge in [0, 0.05) is 49.7 Å². The van der Waals surface area contributed by atoms with Crippen LogP contribution in [0, 0.1) is 11.7 Å². The van der Waals surface area contributed by atoms with Crippen molar-refractivity contribution in [3.63, 3.8) is 0 Å². The lowest BCUT2D eigenvalue weighted by atomic mass is 9.99. The topological polar surface area (TPSA) is 78.8 Å². The monoisotopic (exact) mass is 478 g/mol. The van der Waals surface area contributed by atoms with Gasteiger partial charge in [-0.15, -0.1) is 0 Å². The smallest absolute Gasteiger partial charge is 0.259 e. The molecule has 8 heteroatoms. The van der Waals surface area contributed by atoms with Crippen LogP contribution in [0.25, 0.3) is 11.1 Å². The Balaban J connectivity index is 1.66. The molecule has 1 aromatic carbocycles. The van der Waals surface area contributed by atoms with E-state index in [4.69, 9.17) is 4.74 Å². The van der Waals surface area contributed by atoms with Crippen molar-refractivity contribution in [1.29, 1.82) is 0 Å². The minimum Gasteiger partial charge on any atom is -0.472 e. The number of carbonyl (C=O) groups excluding carboxylic acids is 1. The normalized spacial score (nSPS) is 19.0. The third-order valence-electron chi connectivity index (χ3n) is 6.37. The van der Waals surface area contributed by atoms with Gasteiger partial charge < -0.3 is 14.7 Å². The maximum absolute atomic E-state index is 13.8. The molecule has 35 heavy (non-hydrogen) atoms. The van der Waals surface area contributed by atoms with Crippen molar-refractivity contribution in [2.75, 3.05) is 26.7 Å². The van der Waals surface area contributed by atoms with Crippen LogP contribution in [0.5, 0.6) is 5.88 Å². The molecule has 3 heterocycles. The van der Waals surface area contributed by atoms with Crippen molar-refractivity contribution in [3.8, 4) is 17.0 Å². The largest absolute Gasteiger partial charge is 0.472 e. The quantitative estimate of drug-likeness (QED) is 0.559. The molecule has 7 nitrogen and oxygen atoms in total. The molecule has 0 spiro atoms. The number of fused-ring (bicyclic) bond motifs is 1. The number of hydrogen-bond donors (Lipinski definition) is 1. The zero-order chi connectivity index (χ0) is 24.9. The molecule has 0 fully saturated rings. The molecule has 0 aliphatic carbocycles. The van der Waals surface area contributed by atoms with E-state index in [-0.39, 0.29) is 42.3 Å². The number of aromatic nitrogens is 2. The number of hydrogen-bond acceptors (Lipinski definition) is 6. The van der Waals surface area contributed by atoms with Gasteiger partial charge in [0.05, 0.1) is 12.6 Å². The molecule has 1 N–H and O–H groups in total. The highest BCUT2D eigenvalue weighted by Crippen LogP contribution is 2.30. The third-order valence-corrected chi connectivity index (χ3v) is 6.37. The SMILES string of the molecule is C[C@@H]1CN([C@H](C)CO)C(=O)c2cc(-c3cccc(F)c3)cnc2O[C@@H]1CN(C)Cc1ccncc1. The fourth-order valence-electron chi connectivity index (χ4n) is 4.32. The van der Waals surface area contributed by atoms with Crippen LogP contribution in [0.4, 0.5) is 4.39 Å². The fourth-order valence-corrected chi connectivity index (χ4v) is 4.32. The highest BCUT2D eigenvalue weighted by molar-refractivity contribution is 5.98. The Labute approximate surface area is 205 Å². The first kappa shape index (κ1) is 24.8. The average molecular weight is 479 g/mol. The number of halogens is 1. The van der Waals surface area contributed by atoms with Crippen LogP contribution in [0.1, 0.15) is 29.8 Å². The van der Waals surface area contributed by atoms with Gasteiger partial charge in [-0.25, -0.2) is 9.37 Å². The first-order valence-electron chi connectivity index (χ1n) is 11.8. The lowest BCUT2D eigenvalue weighted by Gasteiger charge is -2.37. The molecule has 1 aliphatic rings. The van der Waals surface area contributed by atoms with Crippen LogP contribution in [-0.2, 0) is 6.54 Å². The number of aliphatic hydroxyl groups is 1. The van der Waals surface area contributed by atoms with Gasteiger partial charge in [-0.1, -0.05) is 19.1 Å². The lowest BCUT2D eigenvalue weighted by Crippen LogP contribution is -2.49. The summed E-state index contributed by atoms with van der Waals surface area (Å²) in [5.74, 6) is -0.383. The molecule has 0 saturated heterocycles. The number of rotatable bonds is 7. The molecular formula is C27H31FN4O3. The zero-order valence-corrected chi connectivity index (χ0v) is 20.3. The lowest BCUT2D eigenvalue weighted by molar-refractivity contribution is 0.0325. The van der Waals surface area contributed by atoms with Crippen molar-refractivity contribution in [3.05, 3.63) is 78.0 Å². The van der Waals surface area contributed by atoms with Gasteiger partial charge in [0.15, 0.2) is 0 Å². The summed E-state index contributed by atoms with van der Waals surface area (Å²) in [4.78, 5) is 26.0. The van der Waals surface area contributed by atoms with Crippen molar-refractivity contribution >= 4 is 5.91 Å². The van der Waals surface area contributed by atoms with Gasteiger partial charge >= 0.3 is 0 Å². The van der Waals surface area contributed by atoms with Gasteiger partial charge in [0.1, 0.15) is 17.5 Å². The van der Waals surface area contributed by atoms with Gasteiger partial charge in [-0.2, -0.15) is 0 Å². The number of ether oxygens (including phenoxy) is 1. The summed E-state index contributed by atoms with van der Waals surface area (Å²) in [5.41, 5.74) is 2.70. The Bertz CT molecular complexity index is 1160. The van der Waals surface area contributed by atoms with E-state index in [9.17, 15) is 14.3 Å². The van der Waals surface area contributed by atoms with Crippen molar-refractivity contribution in [1.82, 2.24) is 19.8 Å². The summed E-state index contributed by atoms with van der Waals surface area (Å²) in [6.07, 6.45) is 4.90. The number of amides is 1. The van der Waals surface area contributed by atoms with E-state index in [0.717, 1.165) is 12.1 Å². The van der Waals surface area contributed by atoms with E-state index in [1.165, 1.54) is 12.1 Å². The van der Waals surface area contributed by atoms with Crippen molar-refractivity contribution in [2.45, 2.75) is 32.5 Å². The third kappa shape index (κ3) is 5.83. The van der Waals surface area contributed by atoms with E-state index in [1.54, 1.807) is 41.7 Å². The predicted molar refractivity (Wildman–Crippen MR) is 131 cm³/mol. The molecule has 184 valence electrons. The Kier molecular flexibility index (Phi) is 7.73. The van der Waals surface area contributed by atoms with E-state index in [0.29, 0.717) is 29.8 Å². The Morgan fingerprint density at radius 3 is 2.71 bits per heavy atom. The number of carbonyl (C=O) groups is 1. The molecule has 3 aromatic rings. The predicted octanol–water partition coefficient (Wildman–Crippen LogP) is 3.63. The van der Waals surface area contributed by atoms with Crippen molar-refractivity contribution < 1.29 is 19.0 Å². The van der Waals surface area contributed by atoms with Crippen LogP contribution >= 0.6 is 0 Å². The molecule has 0 saturated carbocycles. The van der Waals surface area contributed by atoms with E-state index in [1.807, 2.05) is 33.0 Å². The summed E-state index contributed by atoms with van der Waals surface area (Å²) in [6.45, 7) is 5.48. The maximum Gasteiger partial charge on any atom is 0.259 e. The molecule has 2 aromatic heterocycles. The number of pyridine rings is 2. The van der Waals surface area contributed by atoms with E-state index >= 15 is 0 Å². The van der Waals surface area contributed by atoms with Crippen LogP contribution in [0.15, 0.2) is 61.1 Å². The molecule has 4 rings (SSSR count). The molecule has 1 amide bonds. The molecular weight excluding hydrogens is 447 g/mol. The standard InChI is InChI=1S/C27H31FN4O3/c1-18-14-32(19(2)17-33)27(34)24-12-22(21-5-4-6-23(28)11-21)13-30-26(24)35-25(18)16-31(3)15-20-7-9-29-10-8-20/h4-13,18-19,25,33H,14-17H2,1-3H3/t18-,19-,25-/m1/s1. The van der Waals surface area contributed by atoms with E-state index < -0.39 is 0 Å². The first-order valence-corrected chi connectivity index (χ1v) is 11.8. The molecule has 0 radical (unpaired) electrons. The molecule has 0 unspecified atom stereocenters. The fraction of sp³-hybridized carbons (Fsp3) is 0.370. The summed E-state index contributed by atoms with van der Waals surface area (Å²) in [6, 6.07) is 11.5. The summed E-state index contributed by atoms with van der Waals surface area (Å²) < 4.78 is 20.2. The Hall–Kier alpha value is -3.36. The maximum atomic E-state index is 13.8. The highest BCUT2D eigenvalue weighted by Gasteiger charge is 2.34. The molecule has 3 atom stereocenters. The number of benzene rings is 1. The molecule has 1 aliphatic heterocycles. The minimum atomic E-state index is -0.371. The Morgan fingerprint density at radius 1 is 1.23 bits per heavy atom. The molecule has 0 bridgehead atoms. The number of aliphatic hydroxyl groups excluding tert-OH is 1. The minimum absolute atomic E-state index is 0.00862. The van der Waals surface area contributed by atoms with Crippen LogP contribution in [0.3, 0.4) is 0 Å². The Morgan fingerprint density at radius 2 is 2.00 bits per heavy atom. The average Bonchev–Trinajstić information content (AvgIpc) is 2.86. The zero-order valence-electron chi connectivity index (χ0n) is 20.3. The number of nitrogens with zero attached hydrogens (tertiary/aromatic N) is 4. The van der Waals surface area contributed by atoms with Gasteiger partial charge in [0.2, 0.25) is 5.88 Å². The van der Waals surface area contributed by atoms with Gasteiger partial charge in [-0.05, 0) is 55.4 Å². The first-order chi connectivity index (χ1) is 16.9. The second-order valence-electron chi connectivity index (χ2n) is 9.26. The van der Waals surface area contributed by atoms with Gasteiger partial charge in [-0.3, -0.25) is 14.7 Å². The van der Waals surface area contributed by atoms with Crippen LogP contribution in [-0.4, -0.2) is 69.7 Å².